The summed E-state index contributed by atoms with van der Waals surface area (Å²) in [7, 11) is 0. The van der Waals surface area contributed by atoms with Crippen LogP contribution in [0.3, 0.4) is 0 Å². The summed E-state index contributed by atoms with van der Waals surface area (Å²) in [4.78, 5) is 27.9. The summed E-state index contributed by atoms with van der Waals surface area (Å²) in [5.41, 5.74) is 0.136. The zero-order valence-corrected chi connectivity index (χ0v) is 20.3. The molecule has 2 N–H and O–H groups in total. The Balaban J connectivity index is 1.52. The highest BCUT2D eigenvalue weighted by Gasteiger charge is 2.32. The van der Waals surface area contributed by atoms with Crippen LogP contribution in [0.5, 0.6) is 0 Å². The van der Waals surface area contributed by atoms with E-state index in [0.29, 0.717) is 37.6 Å². The molecule has 12 heteroatoms. The number of piperidine rings is 1. The third-order valence-corrected chi connectivity index (χ3v) is 6.58. The van der Waals surface area contributed by atoms with E-state index in [1.807, 2.05) is 9.80 Å². The molecular weight excluding hydrogens is 495 g/mol. The lowest BCUT2D eigenvalue weighted by molar-refractivity contribution is -0.384. The minimum Gasteiger partial charge on any atom is -0.370 e. The van der Waals surface area contributed by atoms with Crippen molar-refractivity contribution in [2.24, 2.45) is 0 Å². The minimum atomic E-state index is -4.54. The molecule has 0 radical (unpaired) electrons. The first-order chi connectivity index (χ1) is 17.1. The number of alkyl halides is 3. The summed E-state index contributed by atoms with van der Waals surface area (Å²) in [6, 6.07) is 7.60. The van der Waals surface area contributed by atoms with Gasteiger partial charge in [-0.25, -0.2) is 0 Å². The smallest absolute Gasteiger partial charge is 0.370 e. The van der Waals surface area contributed by atoms with Crippen LogP contribution >= 0.6 is 12.2 Å². The molecule has 2 aromatic rings. The van der Waals surface area contributed by atoms with E-state index in [4.69, 9.17) is 12.2 Å². The molecule has 0 spiro atoms. The molecule has 0 aromatic heterocycles. The lowest BCUT2D eigenvalue weighted by Crippen LogP contribution is -2.35. The van der Waals surface area contributed by atoms with E-state index in [1.165, 1.54) is 18.2 Å². The second kappa shape index (κ2) is 10.7. The maximum Gasteiger partial charge on any atom is 0.416 e. The Morgan fingerprint density at radius 2 is 1.50 bits per heavy atom. The van der Waals surface area contributed by atoms with Gasteiger partial charge in [-0.1, -0.05) is 0 Å². The molecule has 192 valence electrons. The van der Waals surface area contributed by atoms with Gasteiger partial charge in [0.05, 0.1) is 21.9 Å². The van der Waals surface area contributed by atoms with Gasteiger partial charge in [-0.3, -0.25) is 20.2 Å². The number of thiocarbonyl (C=S) groups is 1. The van der Waals surface area contributed by atoms with E-state index < -0.39 is 22.6 Å². The van der Waals surface area contributed by atoms with E-state index in [1.54, 1.807) is 6.07 Å². The number of nitrogens with one attached hydrogen (secondary N) is 2. The number of rotatable bonds is 5. The monoisotopic (exact) mass is 521 g/mol. The number of hydrogen-bond acceptors (Lipinski definition) is 6. The Hall–Kier alpha value is -3.41. The number of carbonyl (C=O) groups is 1. The van der Waals surface area contributed by atoms with Gasteiger partial charge in [0.15, 0.2) is 5.11 Å². The lowest BCUT2D eigenvalue weighted by atomic mass is 10.1. The summed E-state index contributed by atoms with van der Waals surface area (Å²) in [6.45, 7) is 2.81. The van der Waals surface area contributed by atoms with Crippen molar-refractivity contribution in [3.05, 3.63) is 57.6 Å². The first-order valence-corrected chi connectivity index (χ1v) is 12.2. The molecule has 2 aromatic carbocycles. The first-order valence-electron chi connectivity index (χ1n) is 11.8. The summed E-state index contributed by atoms with van der Waals surface area (Å²) < 4.78 is 39.9. The third-order valence-electron chi connectivity index (χ3n) is 6.38. The van der Waals surface area contributed by atoms with Crippen molar-refractivity contribution in [2.75, 3.05) is 41.3 Å². The normalized spacial score (nSPS) is 16.1. The van der Waals surface area contributed by atoms with Gasteiger partial charge in [0, 0.05) is 37.8 Å². The van der Waals surface area contributed by atoms with Crippen LogP contribution in [0.4, 0.5) is 35.9 Å². The molecule has 0 unspecified atom stereocenters. The molecule has 1 amide bonds. The Bertz CT molecular complexity index is 1160. The van der Waals surface area contributed by atoms with Gasteiger partial charge in [0.25, 0.3) is 11.6 Å². The topological polar surface area (TPSA) is 90.8 Å². The molecule has 2 saturated heterocycles. The summed E-state index contributed by atoms with van der Waals surface area (Å²) in [5, 5.41) is 16.6. The molecule has 4 rings (SSSR count). The van der Waals surface area contributed by atoms with Gasteiger partial charge in [-0.2, -0.15) is 13.2 Å². The van der Waals surface area contributed by atoms with Gasteiger partial charge in [0.1, 0.15) is 5.69 Å². The highest BCUT2D eigenvalue weighted by Crippen LogP contribution is 2.36. The van der Waals surface area contributed by atoms with Crippen molar-refractivity contribution in [3.63, 3.8) is 0 Å². The number of amides is 1. The maximum absolute atomic E-state index is 13.3. The van der Waals surface area contributed by atoms with E-state index in [2.05, 4.69) is 10.6 Å². The molecule has 8 nitrogen and oxygen atoms in total. The van der Waals surface area contributed by atoms with Crippen molar-refractivity contribution in [1.29, 1.82) is 0 Å². The Morgan fingerprint density at radius 1 is 0.917 bits per heavy atom. The largest absolute Gasteiger partial charge is 0.416 e. The number of nitro benzene ring substituents is 1. The molecular formula is C24H26F3N5O3S. The van der Waals surface area contributed by atoms with Crippen molar-refractivity contribution < 1.29 is 22.9 Å². The molecule has 36 heavy (non-hydrogen) atoms. The SMILES string of the molecule is O=C(NC(=S)Nc1cc(C(F)(F)F)ccc1N1CCCC1)c1ccc(N2CCCCC2)c([N+](=O)[O-])c1. The number of halogens is 3. The Labute approximate surface area is 211 Å². The van der Waals surface area contributed by atoms with E-state index in [0.717, 1.165) is 44.2 Å². The van der Waals surface area contributed by atoms with Crippen molar-refractivity contribution in [2.45, 2.75) is 38.3 Å². The first kappa shape index (κ1) is 25.7. The quantitative estimate of drug-likeness (QED) is 0.312. The lowest BCUT2D eigenvalue weighted by Gasteiger charge is -2.28. The molecule has 0 aliphatic carbocycles. The molecule has 0 atom stereocenters. The predicted octanol–water partition coefficient (Wildman–Crippen LogP) is 5.33. The zero-order valence-electron chi connectivity index (χ0n) is 19.4. The standard InChI is InChI=1S/C24H26F3N5O3S/c25-24(26,27)17-7-9-19(30-12-4-5-13-30)18(15-17)28-23(36)29-22(33)16-6-8-20(21(14-16)32(34)35)31-10-2-1-3-11-31/h6-9,14-15H,1-5,10-13H2,(H2,28,29,33,36). The van der Waals surface area contributed by atoms with Crippen molar-refractivity contribution in [1.82, 2.24) is 5.32 Å². The second-order valence-corrected chi connectivity index (χ2v) is 9.25. The number of hydrogen-bond donors (Lipinski definition) is 2. The number of benzene rings is 2. The fourth-order valence-corrected chi connectivity index (χ4v) is 4.79. The second-order valence-electron chi connectivity index (χ2n) is 8.84. The predicted molar refractivity (Wildman–Crippen MR) is 136 cm³/mol. The summed E-state index contributed by atoms with van der Waals surface area (Å²) >= 11 is 5.21. The van der Waals surface area contributed by atoms with Crippen LogP contribution in [0.1, 0.15) is 48.0 Å². The minimum absolute atomic E-state index is 0.0235. The number of carbonyl (C=O) groups excluding carboxylic acids is 1. The molecule has 2 fully saturated rings. The van der Waals surface area contributed by atoms with Crippen LogP contribution in [-0.2, 0) is 6.18 Å². The van der Waals surface area contributed by atoms with Crippen molar-refractivity contribution >= 4 is 46.0 Å². The zero-order chi connectivity index (χ0) is 25.9. The maximum atomic E-state index is 13.3. The molecule has 0 bridgehead atoms. The van der Waals surface area contributed by atoms with Gasteiger partial charge in [0.2, 0.25) is 0 Å². The van der Waals surface area contributed by atoms with Crippen LogP contribution < -0.4 is 20.4 Å². The van der Waals surface area contributed by atoms with E-state index in [-0.39, 0.29) is 22.1 Å². The molecule has 2 aliphatic heterocycles. The average Bonchev–Trinajstić information content (AvgIpc) is 3.38. The number of nitro groups is 1. The van der Waals surface area contributed by atoms with Crippen LogP contribution in [-0.4, -0.2) is 42.1 Å². The van der Waals surface area contributed by atoms with Gasteiger partial charge in [-0.15, -0.1) is 0 Å². The molecule has 2 aliphatic rings. The number of nitrogens with zero attached hydrogens (tertiary/aromatic N) is 3. The average molecular weight is 522 g/mol. The summed E-state index contributed by atoms with van der Waals surface area (Å²) in [6.07, 6.45) is 0.255. The number of anilines is 3. The fraction of sp³-hybridized carbons (Fsp3) is 0.417. The fourth-order valence-electron chi connectivity index (χ4n) is 4.59. The highest BCUT2D eigenvalue weighted by molar-refractivity contribution is 7.80. The highest BCUT2D eigenvalue weighted by atomic mass is 32.1. The van der Waals surface area contributed by atoms with E-state index >= 15 is 0 Å². The van der Waals surface area contributed by atoms with Crippen molar-refractivity contribution in [3.8, 4) is 0 Å². The third kappa shape index (κ3) is 5.86. The Kier molecular flexibility index (Phi) is 7.62. The van der Waals surface area contributed by atoms with Crippen LogP contribution in [0, 0.1) is 10.1 Å². The Morgan fingerprint density at radius 3 is 2.11 bits per heavy atom. The summed E-state index contributed by atoms with van der Waals surface area (Å²) in [5.74, 6) is -0.699. The van der Waals surface area contributed by atoms with E-state index in [9.17, 15) is 28.1 Å². The van der Waals surface area contributed by atoms with Crippen LogP contribution in [0.15, 0.2) is 36.4 Å². The van der Waals surface area contributed by atoms with Gasteiger partial charge >= 0.3 is 6.18 Å². The molecule has 0 saturated carbocycles. The van der Waals surface area contributed by atoms with Crippen LogP contribution in [0.2, 0.25) is 0 Å². The van der Waals surface area contributed by atoms with Gasteiger partial charge in [-0.05, 0) is 74.7 Å². The molecule has 2 heterocycles. The van der Waals surface area contributed by atoms with Crippen LogP contribution in [0.25, 0.3) is 0 Å². The van der Waals surface area contributed by atoms with Gasteiger partial charge < -0.3 is 15.1 Å².